The van der Waals surface area contributed by atoms with Gasteiger partial charge < -0.3 is 4.42 Å². The summed E-state index contributed by atoms with van der Waals surface area (Å²) >= 11 is 3.67. The molecule has 1 heterocycles. The van der Waals surface area contributed by atoms with E-state index in [1.165, 1.54) is 5.56 Å². The molecule has 1 atom stereocenters. The largest absolute Gasteiger partial charge is 0.465 e. The molecule has 2 aromatic rings. The van der Waals surface area contributed by atoms with Crippen molar-refractivity contribution in [3.8, 4) is 0 Å². The summed E-state index contributed by atoms with van der Waals surface area (Å²) in [7, 11) is 0. The number of aryl methyl sites for hydroxylation is 1. The Labute approximate surface area is 105 Å². The molecule has 0 fully saturated rings. The number of hydrogen-bond acceptors (Lipinski definition) is 1. The van der Waals surface area contributed by atoms with Gasteiger partial charge in [-0.1, -0.05) is 53.2 Å². The van der Waals surface area contributed by atoms with Gasteiger partial charge in [0.25, 0.3) is 0 Å². The topological polar surface area (TPSA) is 13.1 Å². The lowest BCUT2D eigenvalue weighted by Gasteiger charge is -2.06. The molecule has 2 rings (SSSR count). The Morgan fingerprint density at radius 1 is 1.12 bits per heavy atom. The SMILES string of the molecule is CCc1ccc(C(Br)Cc2ccccc2)o1. The molecule has 0 saturated heterocycles. The molecular weight excluding hydrogens is 264 g/mol. The average Bonchev–Trinajstić information content (AvgIpc) is 2.79. The highest BCUT2D eigenvalue weighted by Crippen LogP contribution is 2.28. The van der Waals surface area contributed by atoms with Gasteiger partial charge in [-0.15, -0.1) is 0 Å². The fourth-order valence-electron chi connectivity index (χ4n) is 1.67. The summed E-state index contributed by atoms with van der Waals surface area (Å²) < 4.78 is 5.72. The maximum atomic E-state index is 5.72. The number of halogens is 1. The van der Waals surface area contributed by atoms with E-state index in [0.29, 0.717) is 0 Å². The molecule has 0 aliphatic carbocycles. The van der Waals surface area contributed by atoms with Crippen LogP contribution in [0.25, 0.3) is 0 Å². The van der Waals surface area contributed by atoms with E-state index in [4.69, 9.17) is 4.42 Å². The van der Waals surface area contributed by atoms with Crippen molar-refractivity contribution < 1.29 is 4.42 Å². The molecule has 0 amide bonds. The van der Waals surface area contributed by atoms with Gasteiger partial charge in [0.1, 0.15) is 11.5 Å². The van der Waals surface area contributed by atoms with Crippen LogP contribution >= 0.6 is 15.9 Å². The molecule has 1 aromatic carbocycles. The molecule has 0 aliphatic heterocycles. The van der Waals surface area contributed by atoms with Crippen LogP contribution in [0, 0.1) is 0 Å². The van der Waals surface area contributed by atoms with Crippen molar-refractivity contribution in [3.63, 3.8) is 0 Å². The number of alkyl halides is 1. The van der Waals surface area contributed by atoms with E-state index in [-0.39, 0.29) is 4.83 Å². The van der Waals surface area contributed by atoms with Crippen LogP contribution < -0.4 is 0 Å². The van der Waals surface area contributed by atoms with Gasteiger partial charge in [-0.25, -0.2) is 0 Å². The molecule has 0 bridgehead atoms. The molecule has 0 N–H and O–H groups in total. The fourth-order valence-corrected chi connectivity index (χ4v) is 2.29. The van der Waals surface area contributed by atoms with Gasteiger partial charge in [0.15, 0.2) is 0 Å². The zero-order valence-electron chi connectivity index (χ0n) is 9.32. The lowest BCUT2D eigenvalue weighted by atomic mass is 10.1. The monoisotopic (exact) mass is 278 g/mol. The second-order valence-corrected chi connectivity index (χ2v) is 4.92. The van der Waals surface area contributed by atoms with Crippen molar-refractivity contribution in [2.24, 2.45) is 0 Å². The zero-order chi connectivity index (χ0) is 11.4. The second kappa shape index (κ2) is 5.35. The Bertz CT molecular complexity index is 433. The van der Waals surface area contributed by atoms with Gasteiger partial charge in [0.2, 0.25) is 0 Å². The number of furan rings is 1. The highest BCUT2D eigenvalue weighted by Gasteiger charge is 2.12. The highest BCUT2D eigenvalue weighted by molar-refractivity contribution is 9.09. The van der Waals surface area contributed by atoms with Crippen LogP contribution in [0.3, 0.4) is 0 Å². The fraction of sp³-hybridized carbons (Fsp3) is 0.286. The van der Waals surface area contributed by atoms with Gasteiger partial charge in [-0.05, 0) is 24.1 Å². The highest BCUT2D eigenvalue weighted by atomic mass is 79.9. The summed E-state index contributed by atoms with van der Waals surface area (Å²) in [6, 6.07) is 14.5. The van der Waals surface area contributed by atoms with E-state index in [9.17, 15) is 0 Å². The van der Waals surface area contributed by atoms with Gasteiger partial charge in [0, 0.05) is 6.42 Å². The van der Waals surface area contributed by atoms with Crippen molar-refractivity contribution in [1.82, 2.24) is 0 Å². The van der Waals surface area contributed by atoms with E-state index in [0.717, 1.165) is 24.4 Å². The van der Waals surface area contributed by atoms with Crippen molar-refractivity contribution in [3.05, 3.63) is 59.5 Å². The van der Waals surface area contributed by atoms with E-state index in [2.05, 4.69) is 59.3 Å². The summed E-state index contributed by atoms with van der Waals surface area (Å²) in [4.78, 5) is 0.259. The first-order valence-electron chi connectivity index (χ1n) is 5.56. The van der Waals surface area contributed by atoms with Crippen LogP contribution in [0.5, 0.6) is 0 Å². The second-order valence-electron chi connectivity index (χ2n) is 3.81. The maximum absolute atomic E-state index is 5.72. The van der Waals surface area contributed by atoms with Crippen LogP contribution in [0.4, 0.5) is 0 Å². The molecule has 0 aliphatic rings. The van der Waals surface area contributed by atoms with E-state index in [1.807, 2.05) is 6.07 Å². The van der Waals surface area contributed by atoms with Crippen LogP contribution in [0.2, 0.25) is 0 Å². The molecule has 0 spiro atoms. The van der Waals surface area contributed by atoms with Gasteiger partial charge in [-0.2, -0.15) is 0 Å². The van der Waals surface area contributed by atoms with Gasteiger partial charge in [0.05, 0.1) is 4.83 Å². The van der Waals surface area contributed by atoms with E-state index in [1.54, 1.807) is 0 Å². The van der Waals surface area contributed by atoms with Crippen molar-refractivity contribution in [2.45, 2.75) is 24.6 Å². The van der Waals surface area contributed by atoms with Gasteiger partial charge in [-0.3, -0.25) is 0 Å². The minimum Gasteiger partial charge on any atom is -0.465 e. The minimum atomic E-state index is 0.259. The number of benzene rings is 1. The minimum absolute atomic E-state index is 0.259. The summed E-state index contributed by atoms with van der Waals surface area (Å²) in [5.41, 5.74) is 1.32. The van der Waals surface area contributed by atoms with E-state index >= 15 is 0 Å². The molecule has 16 heavy (non-hydrogen) atoms. The predicted octanol–water partition coefficient (Wildman–Crippen LogP) is 4.52. The molecule has 0 saturated carbocycles. The Kier molecular flexibility index (Phi) is 3.83. The molecule has 1 aromatic heterocycles. The van der Waals surface area contributed by atoms with Crippen molar-refractivity contribution in [1.29, 1.82) is 0 Å². The first kappa shape index (κ1) is 11.5. The van der Waals surface area contributed by atoms with Crippen LogP contribution in [-0.2, 0) is 12.8 Å². The van der Waals surface area contributed by atoms with Crippen LogP contribution in [0.15, 0.2) is 46.9 Å². The lowest BCUT2D eigenvalue weighted by Crippen LogP contribution is -1.93. The third-order valence-electron chi connectivity index (χ3n) is 2.60. The summed E-state index contributed by atoms with van der Waals surface area (Å²) in [5.74, 6) is 2.06. The maximum Gasteiger partial charge on any atom is 0.118 e. The van der Waals surface area contributed by atoms with Crippen LogP contribution in [0.1, 0.15) is 28.8 Å². The first-order chi connectivity index (χ1) is 7.79. The molecule has 2 heteroatoms. The number of hydrogen-bond donors (Lipinski definition) is 0. The number of rotatable bonds is 4. The summed E-state index contributed by atoms with van der Waals surface area (Å²) in [5, 5.41) is 0. The Morgan fingerprint density at radius 3 is 2.50 bits per heavy atom. The summed E-state index contributed by atoms with van der Waals surface area (Å²) in [6.07, 6.45) is 1.91. The Hall–Kier alpha value is -1.02. The smallest absolute Gasteiger partial charge is 0.118 e. The molecule has 0 radical (unpaired) electrons. The summed E-state index contributed by atoms with van der Waals surface area (Å²) in [6.45, 7) is 2.10. The van der Waals surface area contributed by atoms with Crippen LogP contribution in [-0.4, -0.2) is 0 Å². The van der Waals surface area contributed by atoms with Gasteiger partial charge >= 0.3 is 0 Å². The third-order valence-corrected chi connectivity index (χ3v) is 3.37. The van der Waals surface area contributed by atoms with E-state index < -0.39 is 0 Å². The average molecular weight is 279 g/mol. The Morgan fingerprint density at radius 2 is 1.88 bits per heavy atom. The quantitative estimate of drug-likeness (QED) is 0.750. The molecule has 1 unspecified atom stereocenters. The molecular formula is C14H15BrO. The molecule has 1 nitrogen and oxygen atoms in total. The standard InChI is InChI=1S/C14H15BrO/c1-2-12-8-9-14(16-12)13(15)10-11-6-4-3-5-7-11/h3-9,13H,2,10H2,1H3. The predicted molar refractivity (Wildman–Crippen MR) is 69.9 cm³/mol. The third kappa shape index (κ3) is 2.76. The first-order valence-corrected chi connectivity index (χ1v) is 6.47. The Balaban J connectivity index is 2.05. The normalized spacial score (nSPS) is 12.6. The lowest BCUT2D eigenvalue weighted by molar-refractivity contribution is 0.467. The molecule has 84 valence electrons. The van der Waals surface area contributed by atoms with Crippen molar-refractivity contribution >= 4 is 15.9 Å². The zero-order valence-corrected chi connectivity index (χ0v) is 10.9. The van der Waals surface area contributed by atoms with Crippen molar-refractivity contribution in [2.75, 3.05) is 0 Å².